The number of pyridine rings is 1. The van der Waals surface area contributed by atoms with E-state index in [0.717, 1.165) is 6.54 Å². The molecular formula is C10H14N2. The minimum atomic E-state index is 0.506. The molecule has 2 heterocycles. The highest BCUT2D eigenvalue weighted by Gasteiger charge is 2.18. The van der Waals surface area contributed by atoms with Crippen molar-refractivity contribution in [3.63, 3.8) is 0 Å². The molecular weight excluding hydrogens is 148 g/mol. The fourth-order valence-corrected chi connectivity index (χ4v) is 1.78. The molecule has 1 aliphatic heterocycles. The van der Waals surface area contributed by atoms with E-state index in [0.29, 0.717) is 6.04 Å². The fraction of sp³-hybridized carbons (Fsp3) is 0.500. The Morgan fingerprint density at radius 2 is 2.50 bits per heavy atom. The van der Waals surface area contributed by atoms with E-state index in [1.165, 1.54) is 24.1 Å². The first-order valence-corrected chi connectivity index (χ1v) is 4.53. The zero-order chi connectivity index (χ0) is 8.39. The van der Waals surface area contributed by atoms with Crippen molar-refractivity contribution in [2.75, 3.05) is 6.54 Å². The van der Waals surface area contributed by atoms with Crippen LogP contribution in [0.4, 0.5) is 0 Å². The molecule has 2 rings (SSSR count). The molecule has 1 unspecified atom stereocenters. The second-order valence-corrected chi connectivity index (χ2v) is 3.35. The molecule has 2 heteroatoms. The molecule has 1 aliphatic rings. The van der Waals surface area contributed by atoms with E-state index in [4.69, 9.17) is 0 Å². The van der Waals surface area contributed by atoms with Crippen molar-refractivity contribution in [3.05, 3.63) is 29.6 Å². The second kappa shape index (κ2) is 3.23. The lowest BCUT2D eigenvalue weighted by Crippen LogP contribution is -2.15. The van der Waals surface area contributed by atoms with Crippen LogP contribution >= 0.6 is 0 Å². The first kappa shape index (κ1) is 7.74. The molecule has 0 bridgehead atoms. The van der Waals surface area contributed by atoms with Crippen LogP contribution < -0.4 is 5.32 Å². The third-order valence-electron chi connectivity index (χ3n) is 2.44. The van der Waals surface area contributed by atoms with Crippen LogP contribution in [0, 0.1) is 6.92 Å². The zero-order valence-corrected chi connectivity index (χ0v) is 7.38. The van der Waals surface area contributed by atoms with Crippen LogP contribution in [0.2, 0.25) is 0 Å². The van der Waals surface area contributed by atoms with E-state index in [1.807, 2.05) is 12.3 Å². The van der Waals surface area contributed by atoms with Crippen LogP contribution in [0.3, 0.4) is 0 Å². The molecule has 0 amide bonds. The maximum Gasteiger partial charge on any atom is 0.0602 e. The number of aromatic nitrogens is 1. The minimum Gasteiger partial charge on any atom is -0.309 e. The van der Waals surface area contributed by atoms with Crippen molar-refractivity contribution < 1.29 is 0 Å². The summed E-state index contributed by atoms with van der Waals surface area (Å²) in [6.45, 7) is 3.27. The predicted molar refractivity (Wildman–Crippen MR) is 49.0 cm³/mol. The van der Waals surface area contributed by atoms with E-state index in [1.54, 1.807) is 0 Å². The third kappa shape index (κ3) is 1.34. The second-order valence-electron chi connectivity index (χ2n) is 3.35. The first-order chi connectivity index (χ1) is 5.88. The average molecular weight is 162 g/mol. The van der Waals surface area contributed by atoms with Crippen LogP contribution in [-0.2, 0) is 0 Å². The number of hydrogen-bond donors (Lipinski definition) is 1. The summed E-state index contributed by atoms with van der Waals surface area (Å²) in [4.78, 5) is 4.40. The monoisotopic (exact) mass is 162 g/mol. The summed E-state index contributed by atoms with van der Waals surface area (Å²) in [6, 6.07) is 4.63. The van der Waals surface area contributed by atoms with E-state index in [-0.39, 0.29) is 0 Å². The predicted octanol–water partition coefficient (Wildman–Crippen LogP) is 1.81. The molecule has 1 saturated heterocycles. The summed E-state index contributed by atoms with van der Waals surface area (Å²) in [7, 11) is 0. The van der Waals surface area contributed by atoms with Crippen molar-refractivity contribution >= 4 is 0 Å². The van der Waals surface area contributed by atoms with Gasteiger partial charge in [-0.15, -0.1) is 0 Å². The smallest absolute Gasteiger partial charge is 0.0602 e. The largest absolute Gasteiger partial charge is 0.309 e. The lowest BCUT2D eigenvalue weighted by molar-refractivity contribution is 0.623. The SMILES string of the molecule is Cc1cccnc1C1CCCN1. The lowest BCUT2D eigenvalue weighted by Gasteiger charge is -2.11. The molecule has 0 saturated carbocycles. The van der Waals surface area contributed by atoms with Gasteiger partial charge in [0.25, 0.3) is 0 Å². The summed E-state index contributed by atoms with van der Waals surface area (Å²) in [5, 5.41) is 3.45. The van der Waals surface area contributed by atoms with Crippen molar-refractivity contribution in [1.82, 2.24) is 10.3 Å². The maximum atomic E-state index is 4.40. The van der Waals surface area contributed by atoms with Gasteiger partial charge in [0.1, 0.15) is 0 Å². The molecule has 1 N–H and O–H groups in total. The number of rotatable bonds is 1. The highest BCUT2D eigenvalue weighted by Crippen LogP contribution is 2.23. The van der Waals surface area contributed by atoms with Gasteiger partial charge in [-0.1, -0.05) is 6.07 Å². The number of aryl methyl sites for hydroxylation is 1. The molecule has 0 radical (unpaired) electrons. The molecule has 0 aromatic carbocycles. The third-order valence-corrected chi connectivity index (χ3v) is 2.44. The van der Waals surface area contributed by atoms with Gasteiger partial charge in [0.2, 0.25) is 0 Å². The summed E-state index contributed by atoms with van der Waals surface area (Å²) in [5.74, 6) is 0. The summed E-state index contributed by atoms with van der Waals surface area (Å²) < 4.78 is 0. The Hall–Kier alpha value is -0.890. The minimum absolute atomic E-state index is 0.506. The van der Waals surface area contributed by atoms with Gasteiger partial charge >= 0.3 is 0 Å². The average Bonchev–Trinajstić information content (AvgIpc) is 2.57. The van der Waals surface area contributed by atoms with E-state index in [2.05, 4.69) is 23.3 Å². The Labute approximate surface area is 73.0 Å². The topological polar surface area (TPSA) is 24.9 Å². The van der Waals surface area contributed by atoms with Gasteiger partial charge < -0.3 is 5.32 Å². The molecule has 1 fully saturated rings. The van der Waals surface area contributed by atoms with Gasteiger partial charge in [0.15, 0.2) is 0 Å². The van der Waals surface area contributed by atoms with Crippen LogP contribution in [-0.4, -0.2) is 11.5 Å². The van der Waals surface area contributed by atoms with Gasteiger partial charge in [0, 0.05) is 12.2 Å². The number of nitrogens with zero attached hydrogens (tertiary/aromatic N) is 1. The molecule has 2 nitrogen and oxygen atoms in total. The molecule has 1 atom stereocenters. The quantitative estimate of drug-likeness (QED) is 0.681. The molecule has 12 heavy (non-hydrogen) atoms. The van der Waals surface area contributed by atoms with E-state index >= 15 is 0 Å². The molecule has 1 aromatic rings. The standard InChI is InChI=1S/C10H14N2/c1-8-4-2-7-12-10(8)9-5-3-6-11-9/h2,4,7,9,11H,3,5-6H2,1H3. The summed E-state index contributed by atoms with van der Waals surface area (Å²) in [5.41, 5.74) is 2.53. The Morgan fingerprint density at radius 3 is 3.17 bits per heavy atom. The Balaban J connectivity index is 2.26. The Kier molecular flexibility index (Phi) is 2.09. The summed E-state index contributed by atoms with van der Waals surface area (Å²) in [6.07, 6.45) is 4.39. The number of nitrogens with one attached hydrogen (secondary N) is 1. The van der Waals surface area contributed by atoms with Crippen molar-refractivity contribution in [3.8, 4) is 0 Å². The normalized spacial score (nSPS) is 22.9. The molecule has 64 valence electrons. The van der Waals surface area contributed by atoms with Crippen molar-refractivity contribution in [2.24, 2.45) is 0 Å². The van der Waals surface area contributed by atoms with E-state index < -0.39 is 0 Å². The van der Waals surface area contributed by atoms with Gasteiger partial charge in [-0.2, -0.15) is 0 Å². The molecule has 1 aromatic heterocycles. The number of hydrogen-bond acceptors (Lipinski definition) is 2. The van der Waals surface area contributed by atoms with Crippen molar-refractivity contribution in [2.45, 2.75) is 25.8 Å². The highest BCUT2D eigenvalue weighted by atomic mass is 15.0. The van der Waals surface area contributed by atoms with Gasteiger partial charge in [-0.3, -0.25) is 4.98 Å². The van der Waals surface area contributed by atoms with E-state index in [9.17, 15) is 0 Å². The van der Waals surface area contributed by atoms with Crippen LogP contribution in [0.25, 0.3) is 0 Å². The van der Waals surface area contributed by atoms with Crippen LogP contribution in [0.15, 0.2) is 18.3 Å². The fourth-order valence-electron chi connectivity index (χ4n) is 1.78. The highest BCUT2D eigenvalue weighted by molar-refractivity contribution is 5.21. The molecule has 0 spiro atoms. The van der Waals surface area contributed by atoms with Gasteiger partial charge in [-0.05, 0) is 37.9 Å². The Morgan fingerprint density at radius 1 is 1.58 bits per heavy atom. The van der Waals surface area contributed by atoms with Crippen LogP contribution in [0.1, 0.15) is 30.1 Å². The summed E-state index contributed by atoms with van der Waals surface area (Å²) >= 11 is 0. The Bertz CT molecular complexity index is 264. The zero-order valence-electron chi connectivity index (χ0n) is 7.38. The van der Waals surface area contributed by atoms with Crippen LogP contribution in [0.5, 0.6) is 0 Å². The van der Waals surface area contributed by atoms with Crippen molar-refractivity contribution in [1.29, 1.82) is 0 Å². The van der Waals surface area contributed by atoms with Gasteiger partial charge in [-0.25, -0.2) is 0 Å². The lowest BCUT2D eigenvalue weighted by atomic mass is 10.1. The maximum absolute atomic E-state index is 4.40. The first-order valence-electron chi connectivity index (χ1n) is 4.53. The molecule has 0 aliphatic carbocycles. The van der Waals surface area contributed by atoms with Gasteiger partial charge in [0.05, 0.1) is 5.69 Å².